The molecular weight excluding hydrogens is 252 g/mol. The van der Waals surface area contributed by atoms with E-state index in [1.54, 1.807) is 7.11 Å². The Hall–Kier alpha value is 0.160. The second-order valence-corrected chi connectivity index (χ2v) is 7.05. The maximum Gasteiger partial charge on any atom is 0.232 e. The lowest BCUT2D eigenvalue weighted by Gasteiger charge is -2.14. The van der Waals surface area contributed by atoms with Crippen LogP contribution in [0.3, 0.4) is 0 Å². The van der Waals surface area contributed by atoms with Crippen molar-refractivity contribution in [3.8, 4) is 0 Å². The molecule has 1 saturated carbocycles. The van der Waals surface area contributed by atoms with Crippen molar-refractivity contribution in [2.45, 2.75) is 19.3 Å². The molecule has 0 amide bonds. The van der Waals surface area contributed by atoms with Gasteiger partial charge in [-0.15, -0.1) is 0 Å². The highest BCUT2D eigenvalue weighted by molar-refractivity contribution is 8.13. The Balaban J connectivity index is 2.19. The summed E-state index contributed by atoms with van der Waals surface area (Å²) in [6.07, 6.45) is 3.03. The Kier molecular flexibility index (Phi) is 6.03. The van der Waals surface area contributed by atoms with Gasteiger partial charge in [0.25, 0.3) is 0 Å². The second-order valence-electron chi connectivity index (χ2n) is 4.22. The van der Waals surface area contributed by atoms with Crippen molar-refractivity contribution < 1.29 is 17.9 Å². The molecule has 0 aromatic carbocycles. The van der Waals surface area contributed by atoms with Crippen LogP contribution in [-0.4, -0.2) is 41.1 Å². The fraction of sp³-hybridized carbons (Fsp3) is 1.00. The number of ether oxygens (including phenoxy) is 2. The number of methoxy groups -OCH3 is 1. The van der Waals surface area contributed by atoms with Crippen molar-refractivity contribution in [1.82, 2.24) is 0 Å². The first-order valence-corrected chi connectivity index (χ1v) is 8.00. The van der Waals surface area contributed by atoms with Gasteiger partial charge in [-0.2, -0.15) is 0 Å². The summed E-state index contributed by atoms with van der Waals surface area (Å²) in [5.41, 5.74) is 0. The molecule has 0 N–H and O–H groups in total. The summed E-state index contributed by atoms with van der Waals surface area (Å²) >= 11 is 0. The van der Waals surface area contributed by atoms with Crippen LogP contribution in [0.5, 0.6) is 0 Å². The van der Waals surface area contributed by atoms with Crippen LogP contribution in [0.25, 0.3) is 0 Å². The minimum atomic E-state index is -3.41. The van der Waals surface area contributed by atoms with Crippen molar-refractivity contribution in [2.24, 2.45) is 11.8 Å². The maximum atomic E-state index is 11.0. The van der Waals surface area contributed by atoms with Gasteiger partial charge >= 0.3 is 0 Å². The number of halogens is 1. The molecule has 6 heteroatoms. The van der Waals surface area contributed by atoms with E-state index >= 15 is 0 Å². The monoisotopic (exact) mass is 270 g/mol. The van der Waals surface area contributed by atoms with Crippen molar-refractivity contribution in [3.63, 3.8) is 0 Å². The van der Waals surface area contributed by atoms with E-state index in [0.717, 1.165) is 19.3 Å². The minimum absolute atomic E-state index is 0.0312. The smallest absolute Gasteiger partial charge is 0.232 e. The summed E-state index contributed by atoms with van der Waals surface area (Å²) in [7, 11) is 3.50. The molecule has 0 heterocycles. The van der Waals surface area contributed by atoms with Gasteiger partial charge in [-0.3, -0.25) is 0 Å². The fourth-order valence-electron chi connectivity index (χ4n) is 1.68. The zero-order valence-corrected chi connectivity index (χ0v) is 11.1. The van der Waals surface area contributed by atoms with Crippen LogP contribution in [0.15, 0.2) is 0 Å². The minimum Gasteiger partial charge on any atom is -0.385 e. The largest absolute Gasteiger partial charge is 0.385 e. The molecule has 4 nitrogen and oxygen atoms in total. The number of hydrogen-bond donors (Lipinski definition) is 0. The summed E-state index contributed by atoms with van der Waals surface area (Å²) in [4.78, 5) is 0. The third-order valence-corrected chi connectivity index (χ3v) is 3.88. The third-order valence-electron chi connectivity index (χ3n) is 2.67. The van der Waals surface area contributed by atoms with Gasteiger partial charge in [-0.05, 0) is 25.2 Å². The van der Waals surface area contributed by atoms with Crippen molar-refractivity contribution in [3.05, 3.63) is 0 Å². The molecule has 0 radical (unpaired) electrons. The molecule has 0 aromatic rings. The topological polar surface area (TPSA) is 52.6 Å². The molecule has 0 saturated heterocycles. The fourth-order valence-corrected chi connectivity index (χ4v) is 3.05. The summed E-state index contributed by atoms with van der Waals surface area (Å²) in [6, 6.07) is 0. The second kappa shape index (κ2) is 6.79. The zero-order chi connectivity index (χ0) is 12.0. The predicted octanol–water partition coefficient (Wildman–Crippen LogP) is 1.63. The Morgan fingerprint density at radius 2 is 2.06 bits per heavy atom. The molecule has 1 fully saturated rings. The van der Waals surface area contributed by atoms with Gasteiger partial charge in [-0.25, -0.2) is 8.42 Å². The van der Waals surface area contributed by atoms with Crippen LogP contribution in [0.4, 0.5) is 0 Å². The van der Waals surface area contributed by atoms with Crippen LogP contribution < -0.4 is 0 Å². The lowest BCUT2D eigenvalue weighted by molar-refractivity contribution is 0.0784. The Labute approximate surface area is 102 Å². The molecule has 1 aliphatic carbocycles. The summed E-state index contributed by atoms with van der Waals surface area (Å²) < 4.78 is 32.3. The first-order chi connectivity index (χ1) is 7.53. The summed E-state index contributed by atoms with van der Waals surface area (Å²) in [5.74, 6) is 0.574. The molecule has 0 bridgehead atoms. The molecule has 1 unspecified atom stereocenters. The van der Waals surface area contributed by atoms with Gasteiger partial charge in [0, 0.05) is 36.9 Å². The molecular formula is C10H19ClO4S. The molecule has 96 valence electrons. The molecule has 1 rings (SSSR count). The maximum absolute atomic E-state index is 11.0. The van der Waals surface area contributed by atoms with Gasteiger partial charge < -0.3 is 9.47 Å². The van der Waals surface area contributed by atoms with Gasteiger partial charge in [0.05, 0.1) is 12.4 Å². The van der Waals surface area contributed by atoms with Crippen LogP contribution in [0.1, 0.15) is 19.3 Å². The molecule has 16 heavy (non-hydrogen) atoms. The van der Waals surface area contributed by atoms with E-state index in [4.69, 9.17) is 20.2 Å². The van der Waals surface area contributed by atoms with Crippen LogP contribution in [0.2, 0.25) is 0 Å². The van der Waals surface area contributed by atoms with Crippen LogP contribution in [-0.2, 0) is 18.5 Å². The third kappa shape index (κ3) is 6.68. The summed E-state index contributed by atoms with van der Waals surface area (Å²) in [5, 5.41) is 0. The predicted molar refractivity (Wildman–Crippen MR) is 63.2 cm³/mol. The standard InChI is InChI=1S/C10H19ClO4S/c1-14-5-2-6-15-7-10(9-3-4-9)8-16(11,12)13/h9-10H,2-8H2,1H3. The highest BCUT2D eigenvalue weighted by Gasteiger charge is 2.33. The van der Waals surface area contributed by atoms with Gasteiger partial charge in [0.2, 0.25) is 9.05 Å². The lowest BCUT2D eigenvalue weighted by Crippen LogP contribution is -2.20. The SMILES string of the molecule is COCCCOCC(CS(=O)(=O)Cl)C1CC1. The molecule has 1 aliphatic rings. The number of rotatable bonds is 9. The van der Waals surface area contributed by atoms with E-state index in [1.807, 2.05) is 0 Å². The highest BCUT2D eigenvalue weighted by Crippen LogP contribution is 2.38. The van der Waals surface area contributed by atoms with Gasteiger partial charge in [0.1, 0.15) is 0 Å². The van der Waals surface area contributed by atoms with E-state index in [0.29, 0.717) is 25.7 Å². The van der Waals surface area contributed by atoms with Crippen LogP contribution >= 0.6 is 10.7 Å². The molecule has 0 aliphatic heterocycles. The Morgan fingerprint density at radius 1 is 1.38 bits per heavy atom. The summed E-state index contributed by atoms with van der Waals surface area (Å²) in [6.45, 7) is 1.77. The van der Waals surface area contributed by atoms with E-state index in [-0.39, 0.29) is 11.7 Å². The van der Waals surface area contributed by atoms with E-state index < -0.39 is 9.05 Å². The quantitative estimate of drug-likeness (QED) is 0.472. The van der Waals surface area contributed by atoms with Crippen molar-refractivity contribution in [2.75, 3.05) is 32.7 Å². The molecule has 0 aromatic heterocycles. The lowest BCUT2D eigenvalue weighted by atomic mass is 10.1. The first-order valence-electron chi connectivity index (χ1n) is 5.52. The van der Waals surface area contributed by atoms with Crippen molar-refractivity contribution in [1.29, 1.82) is 0 Å². The van der Waals surface area contributed by atoms with Gasteiger partial charge in [-0.1, -0.05) is 0 Å². The average molecular weight is 271 g/mol. The Bertz CT molecular complexity index is 287. The Morgan fingerprint density at radius 3 is 2.56 bits per heavy atom. The van der Waals surface area contributed by atoms with Crippen LogP contribution in [0, 0.1) is 11.8 Å². The molecule has 1 atom stereocenters. The zero-order valence-electron chi connectivity index (χ0n) is 9.52. The van der Waals surface area contributed by atoms with E-state index in [1.165, 1.54) is 0 Å². The number of hydrogen-bond acceptors (Lipinski definition) is 4. The molecule has 0 spiro atoms. The normalized spacial score (nSPS) is 18.6. The highest BCUT2D eigenvalue weighted by atomic mass is 35.7. The van der Waals surface area contributed by atoms with E-state index in [2.05, 4.69) is 0 Å². The van der Waals surface area contributed by atoms with E-state index in [9.17, 15) is 8.42 Å². The van der Waals surface area contributed by atoms with Gasteiger partial charge in [0.15, 0.2) is 0 Å². The van der Waals surface area contributed by atoms with Crippen molar-refractivity contribution >= 4 is 19.7 Å². The average Bonchev–Trinajstić information content (AvgIpc) is 2.97. The first kappa shape index (κ1) is 14.2.